The molecule has 2 nitrogen and oxygen atoms in total. The van der Waals surface area contributed by atoms with Gasteiger partial charge in [-0.25, -0.2) is 0 Å². The Morgan fingerprint density at radius 3 is 2.91 bits per heavy atom. The van der Waals surface area contributed by atoms with Crippen LogP contribution in [0.2, 0.25) is 0 Å². The Labute approximate surface area is 138 Å². The van der Waals surface area contributed by atoms with Gasteiger partial charge >= 0.3 is 0 Å². The fourth-order valence-electron chi connectivity index (χ4n) is 3.07. The highest BCUT2D eigenvalue weighted by Gasteiger charge is 2.27. The fourth-order valence-corrected chi connectivity index (χ4v) is 3.07. The van der Waals surface area contributed by atoms with Crippen LogP contribution in [-0.4, -0.2) is 10.8 Å². The average molecular weight is 305 g/mol. The van der Waals surface area contributed by atoms with Crippen LogP contribution >= 0.6 is 0 Å². The van der Waals surface area contributed by atoms with Crippen molar-refractivity contribution in [2.24, 2.45) is 11.8 Å². The van der Waals surface area contributed by atoms with Crippen LogP contribution in [0.15, 0.2) is 47.7 Å². The second-order valence-electron chi connectivity index (χ2n) is 6.48. The lowest BCUT2D eigenvalue weighted by atomic mass is 9.89. The largest absolute Gasteiger partial charge is 0.307 e. The first-order valence-corrected chi connectivity index (χ1v) is 8.43. The molecule has 1 aromatic carbocycles. The van der Waals surface area contributed by atoms with Gasteiger partial charge in [0.1, 0.15) is 0 Å². The number of carbonyl (C=O) groups is 1. The summed E-state index contributed by atoms with van der Waals surface area (Å²) < 4.78 is 0. The second-order valence-corrected chi connectivity index (χ2v) is 6.48. The molecule has 0 spiro atoms. The highest BCUT2D eigenvalue weighted by molar-refractivity contribution is 5.81. The summed E-state index contributed by atoms with van der Waals surface area (Å²) in [4.78, 5) is 14.9. The first kappa shape index (κ1) is 15.6. The molecule has 1 aliphatic carbocycles. The molecule has 0 saturated heterocycles. The number of hydrogen-bond acceptors (Lipinski definition) is 1. The first-order valence-electron chi connectivity index (χ1n) is 8.43. The summed E-state index contributed by atoms with van der Waals surface area (Å²) in [5.74, 6) is 7.25. The van der Waals surface area contributed by atoms with E-state index in [-0.39, 0.29) is 11.8 Å². The van der Waals surface area contributed by atoms with Crippen LogP contribution < -0.4 is 0 Å². The van der Waals surface area contributed by atoms with Crippen LogP contribution in [0.25, 0.3) is 0 Å². The maximum absolute atomic E-state index is 13.0. The Bertz CT molecular complexity index is 745. The Balaban J connectivity index is 2.14. The lowest BCUT2D eigenvalue weighted by molar-refractivity contribution is -0.133. The van der Waals surface area contributed by atoms with E-state index < -0.39 is 0 Å². The first-order chi connectivity index (χ1) is 11.1. The molecule has 0 bridgehead atoms. The fraction of sp³-hybridized carbons (Fsp3) is 0.381. The normalized spacial score (nSPS) is 20.7. The third-order valence-corrected chi connectivity index (χ3v) is 4.80. The van der Waals surface area contributed by atoms with Crippen molar-refractivity contribution in [1.82, 2.24) is 4.90 Å². The summed E-state index contributed by atoms with van der Waals surface area (Å²) in [6.07, 6.45) is 6.08. The smallest absolute Gasteiger partial charge is 0.230 e. The summed E-state index contributed by atoms with van der Waals surface area (Å²) in [6, 6.07) is 8.14. The summed E-state index contributed by atoms with van der Waals surface area (Å²) in [5, 5.41) is 0. The van der Waals surface area contributed by atoms with Gasteiger partial charge in [0.05, 0.1) is 12.2 Å². The van der Waals surface area contributed by atoms with E-state index in [1.54, 1.807) is 0 Å². The van der Waals surface area contributed by atoms with Crippen LogP contribution in [0.1, 0.15) is 44.7 Å². The van der Waals surface area contributed by atoms with Gasteiger partial charge in [0.15, 0.2) is 0 Å². The molecular formula is C21H23NO. The maximum atomic E-state index is 13.0. The van der Waals surface area contributed by atoms with Crippen LogP contribution in [-0.2, 0) is 11.3 Å². The number of fused-ring (bicyclic) bond motifs is 1. The monoisotopic (exact) mass is 305 g/mol. The van der Waals surface area contributed by atoms with Gasteiger partial charge in [0.2, 0.25) is 5.91 Å². The number of hydrogen-bond donors (Lipinski definition) is 0. The standard InChI is InChI=1S/C21H23NO/c1-4-15(2)21(23)22-14-18-10-6-5-9-17(18)12-13-19-16(3)8-7-11-20(19)22/h5-7,9-11,15-16H,4,8,14H2,1-3H3. The molecule has 1 heterocycles. The molecule has 3 rings (SSSR count). The van der Waals surface area contributed by atoms with Gasteiger partial charge in [0, 0.05) is 17.1 Å². The van der Waals surface area contributed by atoms with Crippen molar-refractivity contribution in [3.63, 3.8) is 0 Å². The Kier molecular flexibility index (Phi) is 4.39. The number of allylic oxidation sites excluding steroid dienone is 3. The van der Waals surface area contributed by atoms with Crippen LogP contribution in [0.4, 0.5) is 0 Å². The third kappa shape index (κ3) is 2.97. The molecule has 118 valence electrons. The van der Waals surface area contributed by atoms with Gasteiger partial charge in [-0.15, -0.1) is 0 Å². The Morgan fingerprint density at radius 2 is 2.13 bits per heavy atom. The maximum Gasteiger partial charge on any atom is 0.230 e. The third-order valence-electron chi connectivity index (χ3n) is 4.80. The zero-order valence-corrected chi connectivity index (χ0v) is 14.1. The minimum Gasteiger partial charge on any atom is -0.307 e. The second kappa shape index (κ2) is 6.46. The van der Waals surface area contributed by atoms with Crippen molar-refractivity contribution < 1.29 is 4.79 Å². The Morgan fingerprint density at radius 1 is 1.35 bits per heavy atom. The number of nitrogens with zero attached hydrogens (tertiary/aromatic N) is 1. The van der Waals surface area contributed by atoms with E-state index in [9.17, 15) is 4.79 Å². The van der Waals surface area contributed by atoms with Crippen molar-refractivity contribution in [2.75, 3.05) is 0 Å². The van der Waals surface area contributed by atoms with E-state index in [0.29, 0.717) is 12.5 Å². The van der Waals surface area contributed by atoms with E-state index >= 15 is 0 Å². The van der Waals surface area contributed by atoms with Crippen molar-refractivity contribution in [3.05, 3.63) is 58.8 Å². The predicted molar refractivity (Wildman–Crippen MR) is 93.3 cm³/mol. The molecule has 1 aromatic rings. The molecule has 1 aliphatic heterocycles. The van der Waals surface area contributed by atoms with Gasteiger partial charge in [-0.1, -0.05) is 56.9 Å². The van der Waals surface area contributed by atoms with Crippen LogP contribution in [0.5, 0.6) is 0 Å². The molecule has 0 aromatic heterocycles. The van der Waals surface area contributed by atoms with Gasteiger partial charge in [-0.2, -0.15) is 0 Å². The van der Waals surface area contributed by atoms with Crippen molar-refractivity contribution in [3.8, 4) is 11.8 Å². The van der Waals surface area contributed by atoms with E-state index in [4.69, 9.17) is 0 Å². The minimum atomic E-state index is 0.0222. The van der Waals surface area contributed by atoms with E-state index in [1.807, 2.05) is 30.0 Å². The summed E-state index contributed by atoms with van der Waals surface area (Å²) in [5.41, 5.74) is 4.24. The van der Waals surface area contributed by atoms with Crippen molar-refractivity contribution in [1.29, 1.82) is 0 Å². The van der Waals surface area contributed by atoms with E-state index in [0.717, 1.165) is 35.2 Å². The summed E-state index contributed by atoms with van der Waals surface area (Å²) in [7, 11) is 0. The number of benzene rings is 1. The zero-order valence-electron chi connectivity index (χ0n) is 14.1. The number of carbonyl (C=O) groups excluding carboxylic acids is 1. The topological polar surface area (TPSA) is 20.3 Å². The SMILES string of the molecule is CCC(C)C(=O)N1Cc2ccccc2C#CC2=C1C=CCC2C. The molecule has 0 fully saturated rings. The summed E-state index contributed by atoms with van der Waals surface area (Å²) >= 11 is 0. The summed E-state index contributed by atoms with van der Waals surface area (Å²) in [6.45, 7) is 6.86. The average Bonchev–Trinajstić information content (AvgIpc) is 2.56. The minimum absolute atomic E-state index is 0.0222. The molecular weight excluding hydrogens is 282 g/mol. The van der Waals surface area contributed by atoms with Gasteiger partial charge in [-0.05, 0) is 36.5 Å². The van der Waals surface area contributed by atoms with Gasteiger partial charge in [-0.3, -0.25) is 4.79 Å². The van der Waals surface area contributed by atoms with Crippen LogP contribution in [0.3, 0.4) is 0 Å². The van der Waals surface area contributed by atoms with E-state index in [1.165, 1.54) is 0 Å². The number of rotatable bonds is 2. The molecule has 0 N–H and O–H groups in total. The highest BCUT2D eigenvalue weighted by Crippen LogP contribution is 2.31. The van der Waals surface area contributed by atoms with Gasteiger partial charge < -0.3 is 4.90 Å². The number of amides is 1. The van der Waals surface area contributed by atoms with E-state index in [2.05, 4.69) is 43.9 Å². The molecule has 2 unspecified atom stereocenters. The van der Waals surface area contributed by atoms with Crippen molar-refractivity contribution in [2.45, 2.75) is 40.2 Å². The van der Waals surface area contributed by atoms with Gasteiger partial charge in [0.25, 0.3) is 0 Å². The molecule has 1 amide bonds. The molecule has 2 heteroatoms. The van der Waals surface area contributed by atoms with Crippen molar-refractivity contribution >= 4 is 5.91 Å². The zero-order chi connectivity index (χ0) is 16.4. The molecule has 23 heavy (non-hydrogen) atoms. The molecule has 0 radical (unpaired) electrons. The molecule has 0 saturated carbocycles. The highest BCUT2D eigenvalue weighted by atomic mass is 16.2. The molecule has 2 atom stereocenters. The molecule has 2 aliphatic rings. The Hall–Kier alpha value is -2.27. The predicted octanol–water partition coefficient (Wildman–Crippen LogP) is 4.28. The quantitative estimate of drug-likeness (QED) is 0.747. The lowest BCUT2D eigenvalue weighted by Crippen LogP contribution is -2.35. The lowest BCUT2D eigenvalue weighted by Gasteiger charge is -2.32. The van der Waals surface area contributed by atoms with Crippen LogP contribution in [0, 0.1) is 23.7 Å².